The van der Waals surface area contributed by atoms with E-state index in [0.717, 1.165) is 21.4 Å². The maximum absolute atomic E-state index is 5.66. The van der Waals surface area contributed by atoms with Crippen LogP contribution < -0.4 is 5.32 Å². The Morgan fingerprint density at radius 3 is 2.65 bits per heavy atom. The summed E-state index contributed by atoms with van der Waals surface area (Å²) in [5.41, 5.74) is 0. The lowest BCUT2D eigenvalue weighted by atomic mass is 10.2. The second-order valence-corrected chi connectivity index (χ2v) is 6.63. The molecule has 17 heavy (non-hydrogen) atoms. The van der Waals surface area contributed by atoms with Gasteiger partial charge in [-0.3, -0.25) is 0 Å². The number of nitrogens with one attached hydrogen (secondary N) is 1. The van der Waals surface area contributed by atoms with Crippen LogP contribution in [0.5, 0.6) is 0 Å². The number of hydrogen-bond acceptors (Lipinski definition) is 3. The van der Waals surface area contributed by atoms with E-state index in [1.54, 1.807) is 11.3 Å². The first-order valence-corrected chi connectivity index (χ1v) is 7.76. The minimum absolute atomic E-state index is 0.111. The average Bonchev–Trinajstić information content (AvgIpc) is 2.82. The molecule has 92 valence electrons. The van der Waals surface area contributed by atoms with Crippen molar-refractivity contribution in [3.63, 3.8) is 0 Å². The van der Waals surface area contributed by atoms with Gasteiger partial charge in [-0.1, -0.05) is 6.92 Å². The fraction of sp³-hybridized carbons (Fsp3) is 0.333. The molecule has 0 aliphatic carbocycles. The van der Waals surface area contributed by atoms with Crippen molar-refractivity contribution in [2.45, 2.75) is 19.9 Å². The summed E-state index contributed by atoms with van der Waals surface area (Å²) < 4.78 is 7.56. The van der Waals surface area contributed by atoms with E-state index in [0.29, 0.717) is 0 Å². The zero-order chi connectivity index (χ0) is 12.4. The Kier molecular flexibility index (Phi) is 4.47. The Morgan fingerprint density at radius 1 is 1.41 bits per heavy atom. The molecule has 0 spiro atoms. The van der Waals surface area contributed by atoms with E-state index in [4.69, 9.17) is 4.42 Å². The molecule has 0 saturated carbocycles. The molecule has 2 aromatic heterocycles. The van der Waals surface area contributed by atoms with Crippen molar-refractivity contribution in [3.05, 3.63) is 42.9 Å². The van der Waals surface area contributed by atoms with E-state index < -0.39 is 0 Å². The molecular weight excluding hydrogens is 366 g/mol. The first-order chi connectivity index (χ1) is 8.11. The number of thiophene rings is 1. The van der Waals surface area contributed by atoms with Gasteiger partial charge in [0.15, 0.2) is 4.67 Å². The molecule has 2 aromatic rings. The Hall–Kier alpha value is -0.100. The molecule has 0 aliphatic heterocycles. The molecule has 5 heteroatoms. The maximum atomic E-state index is 5.66. The fourth-order valence-corrected chi connectivity index (χ4v) is 3.99. The van der Waals surface area contributed by atoms with Gasteiger partial charge in [0, 0.05) is 14.2 Å². The summed E-state index contributed by atoms with van der Waals surface area (Å²) in [6.07, 6.45) is 0. The Balaban J connectivity index is 2.38. The van der Waals surface area contributed by atoms with Crippen molar-refractivity contribution in [1.82, 2.24) is 5.32 Å². The Morgan fingerprint density at radius 2 is 2.18 bits per heavy atom. The van der Waals surface area contributed by atoms with Crippen LogP contribution in [-0.2, 0) is 0 Å². The summed E-state index contributed by atoms with van der Waals surface area (Å²) in [4.78, 5) is 2.55. The first-order valence-electron chi connectivity index (χ1n) is 5.36. The van der Waals surface area contributed by atoms with Gasteiger partial charge < -0.3 is 9.73 Å². The highest BCUT2D eigenvalue weighted by Gasteiger charge is 2.21. The van der Waals surface area contributed by atoms with Crippen molar-refractivity contribution in [2.75, 3.05) is 6.54 Å². The van der Waals surface area contributed by atoms with Crippen molar-refractivity contribution in [1.29, 1.82) is 0 Å². The van der Waals surface area contributed by atoms with Gasteiger partial charge in [-0.15, -0.1) is 11.3 Å². The van der Waals surface area contributed by atoms with Gasteiger partial charge >= 0.3 is 0 Å². The fourth-order valence-electron chi connectivity index (χ4n) is 1.71. The highest BCUT2D eigenvalue weighted by Crippen LogP contribution is 2.36. The summed E-state index contributed by atoms with van der Waals surface area (Å²) in [5, 5.41) is 3.45. The van der Waals surface area contributed by atoms with E-state index >= 15 is 0 Å². The average molecular weight is 379 g/mol. The third-order valence-electron chi connectivity index (χ3n) is 2.39. The van der Waals surface area contributed by atoms with Gasteiger partial charge in [0.25, 0.3) is 0 Å². The van der Waals surface area contributed by atoms with Gasteiger partial charge in [-0.25, -0.2) is 0 Å². The van der Waals surface area contributed by atoms with E-state index in [2.05, 4.69) is 57.1 Å². The van der Waals surface area contributed by atoms with Crippen LogP contribution in [0.15, 0.2) is 31.8 Å². The number of aryl methyl sites for hydroxylation is 1. The van der Waals surface area contributed by atoms with E-state index in [-0.39, 0.29) is 6.04 Å². The smallest absolute Gasteiger partial charge is 0.169 e. The Labute approximate surface area is 122 Å². The van der Waals surface area contributed by atoms with Gasteiger partial charge in [-0.05, 0) is 63.5 Å². The number of rotatable bonds is 4. The molecule has 0 fully saturated rings. The normalized spacial score (nSPS) is 12.9. The minimum atomic E-state index is 0.111. The second-order valence-electron chi connectivity index (χ2n) is 3.70. The van der Waals surface area contributed by atoms with Crippen molar-refractivity contribution >= 4 is 43.2 Å². The third-order valence-corrected chi connectivity index (χ3v) is 4.85. The van der Waals surface area contributed by atoms with Gasteiger partial charge in [-0.2, -0.15) is 0 Å². The molecule has 2 heterocycles. The van der Waals surface area contributed by atoms with Crippen molar-refractivity contribution < 1.29 is 4.42 Å². The van der Waals surface area contributed by atoms with Crippen LogP contribution in [0.1, 0.15) is 28.5 Å². The summed E-state index contributed by atoms with van der Waals surface area (Å²) in [6, 6.07) is 6.18. The molecule has 0 amide bonds. The molecule has 0 bridgehead atoms. The van der Waals surface area contributed by atoms with Gasteiger partial charge in [0.2, 0.25) is 0 Å². The molecule has 1 atom stereocenters. The lowest BCUT2D eigenvalue weighted by molar-refractivity contribution is 0.440. The second kappa shape index (κ2) is 5.69. The predicted molar refractivity (Wildman–Crippen MR) is 78.7 cm³/mol. The topological polar surface area (TPSA) is 25.2 Å². The monoisotopic (exact) mass is 377 g/mol. The van der Waals surface area contributed by atoms with Crippen LogP contribution in [0.2, 0.25) is 0 Å². The number of halogens is 2. The molecule has 0 aromatic carbocycles. The number of hydrogen-bond donors (Lipinski definition) is 1. The quantitative estimate of drug-likeness (QED) is 0.820. The maximum Gasteiger partial charge on any atom is 0.169 e. The van der Waals surface area contributed by atoms with Crippen LogP contribution >= 0.6 is 43.2 Å². The summed E-state index contributed by atoms with van der Waals surface area (Å²) in [7, 11) is 0. The molecule has 0 aliphatic rings. The van der Waals surface area contributed by atoms with Crippen LogP contribution in [0.4, 0.5) is 0 Å². The molecule has 2 rings (SSSR count). The summed E-state index contributed by atoms with van der Waals surface area (Å²) >= 11 is 8.74. The highest BCUT2D eigenvalue weighted by molar-refractivity contribution is 9.10. The lowest BCUT2D eigenvalue weighted by Crippen LogP contribution is -2.20. The standard InChI is InChI=1S/C12H13Br2NOS/c1-3-15-11(9-4-5-10(14)16-9)12-8(13)6-7(2)17-12/h4-6,11,15H,3H2,1-2H3. The molecule has 1 N–H and O–H groups in total. The van der Waals surface area contributed by atoms with Crippen LogP contribution in [-0.4, -0.2) is 6.54 Å². The molecular formula is C12H13Br2NOS. The van der Waals surface area contributed by atoms with E-state index in [1.165, 1.54) is 9.75 Å². The lowest BCUT2D eigenvalue weighted by Gasteiger charge is -2.14. The highest BCUT2D eigenvalue weighted by atomic mass is 79.9. The molecule has 1 unspecified atom stereocenters. The van der Waals surface area contributed by atoms with Crippen molar-refractivity contribution in [2.24, 2.45) is 0 Å². The van der Waals surface area contributed by atoms with Gasteiger partial charge in [0.1, 0.15) is 11.8 Å². The molecule has 2 nitrogen and oxygen atoms in total. The first kappa shape index (κ1) is 13.3. The van der Waals surface area contributed by atoms with E-state index in [1.807, 2.05) is 12.1 Å². The largest absolute Gasteiger partial charge is 0.452 e. The zero-order valence-corrected chi connectivity index (χ0v) is 13.6. The Bertz CT molecular complexity index is 506. The zero-order valence-electron chi connectivity index (χ0n) is 9.59. The summed E-state index contributed by atoms with van der Waals surface area (Å²) in [6.45, 7) is 5.10. The third kappa shape index (κ3) is 3.02. The van der Waals surface area contributed by atoms with Crippen molar-refractivity contribution in [3.8, 4) is 0 Å². The SMILES string of the molecule is CCNC(c1ccc(Br)o1)c1sc(C)cc1Br. The van der Waals surface area contributed by atoms with E-state index in [9.17, 15) is 0 Å². The van der Waals surface area contributed by atoms with Crippen LogP contribution in [0, 0.1) is 6.92 Å². The van der Waals surface area contributed by atoms with Crippen LogP contribution in [0.3, 0.4) is 0 Å². The number of furan rings is 1. The molecule has 0 saturated heterocycles. The molecule has 0 radical (unpaired) electrons. The summed E-state index contributed by atoms with van der Waals surface area (Å²) in [5.74, 6) is 0.932. The predicted octanol–water partition coefficient (Wildman–Crippen LogP) is 4.87. The van der Waals surface area contributed by atoms with Gasteiger partial charge in [0.05, 0.1) is 0 Å². The minimum Gasteiger partial charge on any atom is -0.452 e. The van der Waals surface area contributed by atoms with Crippen LogP contribution in [0.25, 0.3) is 0 Å².